The number of fused-ring (bicyclic) bond motifs is 1. The second-order valence-electron chi connectivity index (χ2n) is 5.03. The Kier molecular flexibility index (Phi) is 3.97. The van der Waals surface area contributed by atoms with Gasteiger partial charge in [0.15, 0.2) is 0 Å². The maximum atomic E-state index is 6.06. The van der Waals surface area contributed by atoms with E-state index in [2.05, 4.69) is 24.1 Å². The third kappa shape index (κ3) is 2.53. The van der Waals surface area contributed by atoms with Crippen LogP contribution in [-0.2, 0) is 6.42 Å². The van der Waals surface area contributed by atoms with Gasteiger partial charge in [-0.05, 0) is 37.6 Å². The van der Waals surface area contributed by atoms with E-state index in [1.807, 2.05) is 12.1 Å². The van der Waals surface area contributed by atoms with E-state index in [0.717, 1.165) is 49.7 Å². The molecule has 18 heavy (non-hydrogen) atoms. The molecule has 0 aromatic heterocycles. The molecule has 1 aromatic carbocycles. The van der Waals surface area contributed by atoms with Crippen molar-refractivity contribution in [3.8, 4) is 0 Å². The van der Waals surface area contributed by atoms with Crippen molar-refractivity contribution in [2.75, 3.05) is 43.0 Å². The van der Waals surface area contributed by atoms with Crippen molar-refractivity contribution >= 4 is 17.1 Å². The van der Waals surface area contributed by atoms with Crippen LogP contribution in [0.4, 0.5) is 17.1 Å². The van der Waals surface area contributed by atoms with Crippen molar-refractivity contribution in [1.29, 1.82) is 0 Å². The Hall–Kier alpha value is -1.42. The lowest BCUT2D eigenvalue weighted by Gasteiger charge is -2.31. The highest BCUT2D eigenvalue weighted by Gasteiger charge is 2.22. The lowest BCUT2D eigenvalue weighted by Crippen LogP contribution is -2.36. The predicted molar refractivity (Wildman–Crippen MR) is 78.7 cm³/mol. The summed E-state index contributed by atoms with van der Waals surface area (Å²) in [7, 11) is 0. The molecule has 1 atom stereocenters. The molecule has 1 aliphatic rings. The van der Waals surface area contributed by atoms with Gasteiger partial charge < -0.3 is 21.7 Å². The Morgan fingerprint density at radius 1 is 1.22 bits per heavy atom. The highest BCUT2D eigenvalue weighted by atomic mass is 15.1. The second kappa shape index (κ2) is 5.48. The molecule has 4 nitrogen and oxygen atoms in total. The normalized spacial score (nSPS) is 18.5. The number of hydrogen-bond acceptors (Lipinski definition) is 4. The molecule has 0 spiro atoms. The standard InChI is InChI=1S/C14H24N4/c1-3-18(4-2)9-10-7-11-12(15)5-6-13(16)14(11)17-8-10/h5-6,10,17H,3-4,7-9,15-16H2,1-2H3. The molecule has 2 rings (SSSR count). The zero-order valence-electron chi connectivity index (χ0n) is 11.4. The summed E-state index contributed by atoms with van der Waals surface area (Å²) >= 11 is 0. The molecule has 0 radical (unpaired) electrons. The van der Waals surface area contributed by atoms with Gasteiger partial charge in [0.1, 0.15) is 0 Å². The molecule has 100 valence electrons. The van der Waals surface area contributed by atoms with Crippen molar-refractivity contribution in [2.24, 2.45) is 5.92 Å². The van der Waals surface area contributed by atoms with Crippen molar-refractivity contribution < 1.29 is 0 Å². The molecule has 1 aliphatic heterocycles. The van der Waals surface area contributed by atoms with Crippen LogP contribution in [0.5, 0.6) is 0 Å². The van der Waals surface area contributed by atoms with Gasteiger partial charge in [-0.3, -0.25) is 0 Å². The van der Waals surface area contributed by atoms with Crippen LogP contribution in [0.1, 0.15) is 19.4 Å². The zero-order valence-corrected chi connectivity index (χ0v) is 11.4. The van der Waals surface area contributed by atoms with Crippen LogP contribution in [0, 0.1) is 5.92 Å². The van der Waals surface area contributed by atoms with Crippen LogP contribution in [-0.4, -0.2) is 31.1 Å². The minimum Gasteiger partial charge on any atom is -0.398 e. The minimum absolute atomic E-state index is 0.612. The number of nitrogen functional groups attached to an aromatic ring is 2. The first kappa shape index (κ1) is 13.0. The van der Waals surface area contributed by atoms with Gasteiger partial charge in [0.05, 0.1) is 11.4 Å². The number of rotatable bonds is 4. The number of benzene rings is 1. The average Bonchev–Trinajstić information content (AvgIpc) is 2.40. The molecule has 1 aromatic rings. The van der Waals surface area contributed by atoms with Gasteiger partial charge in [0.2, 0.25) is 0 Å². The average molecular weight is 248 g/mol. The van der Waals surface area contributed by atoms with Gasteiger partial charge in [0.25, 0.3) is 0 Å². The molecular formula is C14H24N4. The molecular weight excluding hydrogens is 224 g/mol. The molecule has 5 N–H and O–H groups in total. The fraction of sp³-hybridized carbons (Fsp3) is 0.571. The third-order valence-corrected chi connectivity index (χ3v) is 3.85. The van der Waals surface area contributed by atoms with Crippen LogP contribution in [0.2, 0.25) is 0 Å². The lowest BCUT2D eigenvalue weighted by molar-refractivity contribution is 0.254. The summed E-state index contributed by atoms with van der Waals surface area (Å²) in [6.07, 6.45) is 1.02. The Bertz CT molecular complexity index is 413. The van der Waals surface area contributed by atoms with Crippen LogP contribution < -0.4 is 16.8 Å². The van der Waals surface area contributed by atoms with Crippen molar-refractivity contribution in [2.45, 2.75) is 20.3 Å². The van der Waals surface area contributed by atoms with Gasteiger partial charge in [-0.1, -0.05) is 13.8 Å². The fourth-order valence-corrected chi connectivity index (χ4v) is 2.69. The summed E-state index contributed by atoms with van der Waals surface area (Å²) in [6, 6.07) is 3.79. The van der Waals surface area contributed by atoms with Gasteiger partial charge in [0, 0.05) is 24.3 Å². The number of hydrogen-bond donors (Lipinski definition) is 3. The molecule has 0 fully saturated rings. The Morgan fingerprint density at radius 2 is 1.89 bits per heavy atom. The monoisotopic (exact) mass is 248 g/mol. The lowest BCUT2D eigenvalue weighted by atomic mass is 9.91. The summed E-state index contributed by atoms with van der Waals surface area (Å²) in [5, 5.41) is 3.44. The number of nitrogens with one attached hydrogen (secondary N) is 1. The van der Waals surface area contributed by atoms with Crippen molar-refractivity contribution in [3.63, 3.8) is 0 Å². The van der Waals surface area contributed by atoms with Crippen molar-refractivity contribution in [1.82, 2.24) is 4.90 Å². The quantitative estimate of drug-likeness (QED) is 0.711. The van der Waals surface area contributed by atoms with Gasteiger partial charge >= 0.3 is 0 Å². The van der Waals surface area contributed by atoms with Crippen LogP contribution >= 0.6 is 0 Å². The van der Waals surface area contributed by atoms with E-state index in [4.69, 9.17) is 11.5 Å². The highest BCUT2D eigenvalue weighted by Crippen LogP contribution is 2.34. The van der Waals surface area contributed by atoms with E-state index >= 15 is 0 Å². The van der Waals surface area contributed by atoms with Gasteiger partial charge in [-0.25, -0.2) is 0 Å². The van der Waals surface area contributed by atoms with E-state index in [9.17, 15) is 0 Å². The summed E-state index contributed by atoms with van der Waals surface area (Å²) in [5.41, 5.74) is 15.9. The van der Waals surface area contributed by atoms with Crippen LogP contribution in [0.3, 0.4) is 0 Å². The first-order valence-electron chi connectivity index (χ1n) is 6.78. The Labute approximate surface area is 109 Å². The number of nitrogens with zero attached hydrogens (tertiary/aromatic N) is 1. The molecule has 0 saturated carbocycles. The predicted octanol–water partition coefficient (Wildman–Crippen LogP) is 1.78. The van der Waals surface area contributed by atoms with E-state index in [1.165, 1.54) is 5.56 Å². The largest absolute Gasteiger partial charge is 0.398 e. The topological polar surface area (TPSA) is 67.3 Å². The van der Waals surface area contributed by atoms with Gasteiger partial charge in [-0.15, -0.1) is 0 Å². The number of nitrogens with two attached hydrogens (primary N) is 2. The molecule has 0 saturated heterocycles. The summed E-state index contributed by atoms with van der Waals surface area (Å²) < 4.78 is 0. The molecule has 1 heterocycles. The van der Waals surface area contributed by atoms with E-state index in [-0.39, 0.29) is 0 Å². The molecule has 1 unspecified atom stereocenters. The Balaban J connectivity index is 2.12. The first-order chi connectivity index (χ1) is 8.65. The zero-order chi connectivity index (χ0) is 13.1. The highest BCUT2D eigenvalue weighted by molar-refractivity contribution is 5.77. The first-order valence-corrected chi connectivity index (χ1v) is 6.78. The summed E-state index contributed by atoms with van der Waals surface area (Å²) in [6.45, 7) is 8.73. The molecule has 0 amide bonds. The summed E-state index contributed by atoms with van der Waals surface area (Å²) in [4.78, 5) is 2.46. The number of anilines is 3. The van der Waals surface area contributed by atoms with E-state index in [1.54, 1.807) is 0 Å². The summed E-state index contributed by atoms with van der Waals surface area (Å²) in [5.74, 6) is 0.612. The van der Waals surface area contributed by atoms with Crippen LogP contribution in [0.15, 0.2) is 12.1 Å². The Morgan fingerprint density at radius 3 is 2.56 bits per heavy atom. The SMILES string of the molecule is CCN(CC)CC1CNc2c(N)ccc(N)c2C1. The maximum Gasteiger partial charge on any atom is 0.0627 e. The third-order valence-electron chi connectivity index (χ3n) is 3.85. The molecule has 4 heteroatoms. The van der Waals surface area contributed by atoms with Gasteiger partial charge in [-0.2, -0.15) is 0 Å². The van der Waals surface area contributed by atoms with Crippen LogP contribution in [0.25, 0.3) is 0 Å². The second-order valence-corrected chi connectivity index (χ2v) is 5.03. The van der Waals surface area contributed by atoms with E-state index < -0.39 is 0 Å². The minimum atomic E-state index is 0.612. The molecule has 0 bridgehead atoms. The molecule has 0 aliphatic carbocycles. The van der Waals surface area contributed by atoms with E-state index in [0.29, 0.717) is 5.92 Å². The maximum absolute atomic E-state index is 6.06. The smallest absolute Gasteiger partial charge is 0.0627 e. The fourth-order valence-electron chi connectivity index (χ4n) is 2.69. The van der Waals surface area contributed by atoms with Crippen molar-refractivity contribution in [3.05, 3.63) is 17.7 Å².